The fourth-order valence-electron chi connectivity index (χ4n) is 3.28. The number of benzene rings is 2. The van der Waals surface area contributed by atoms with Gasteiger partial charge in [0.05, 0.1) is 11.0 Å². The van der Waals surface area contributed by atoms with Crippen LogP contribution in [0.15, 0.2) is 42.5 Å². The van der Waals surface area contributed by atoms with Crippen molar-refractivity contribution in [2.45, 2.75) is 52.4 Å². The highest BCUT2D eigenvalue weighted by Crippen LogP contribution is 2.39. The summed E-state index contributed by atoms with van der Waals surface area (Å²) < 4.78 is 0. The fraction of sp³-hybridized carbons (Fsp3) is 0.381. The molecule has 2 aromatic carbocycles. The number of fused-ring (bicyclic) bond motifs is 2. The molecule has 0 amide bonds. The molecule has 0 saturated carbocycles. The fourth-order valence-corrected chi connectivity index (χ4v) is 3.28. The van der Waals surface area contributed by atoms with Crippen molar-refractivity contribution in [1.29, 1.82) is 0 Å². The molecule has 0 spiro atoms. The smallest absolute Gasteiger partial charge is 0.0712 e. The summed E-state index contributed by atoms with van der Waals surface area (Å²) in [6.07, 6.45) is 0. The van der Waals surface area contributed by atoms with Crippen molar-refractivity contribution in [1.82, 2.24) is 4.98 Å². The molecule has 0 radical (unpaired) electrons. The van der Waals surface area contributed by atoms with Gasteiger partial charge in [-0.3, -0.25) is 0 Å². The third-order valence-electron chi connectivity index (χ3n) is 4.26. The highest BCUT2D eigenvalue weighted by atomic mass is 14.7. The second-order valence-corrected chi connectivity index (χ2v) is 8.24. The Hall–Kier alpha value is -1.89. The predicted molar refractivity (Wildman–Crippen MR) is 96.6 cm³/mol. The number of para-hydroxylation sites is 1. The molecule has 1 heterocycles. The largest absolute Gasteiger partial charge is 0.248 e. The summed E-state index contributed by atoms with van der Waals surface area (Å²) >= 11 is 0. The zero-order valence-electron chi connectivity index (χ0n) is 14.5. The quantitative estimate of drug-likeness (QED) is 0.464. The average molecular weight is 291 g/mol. The van der Waals surface area contributed by atoms with E-state index in [1.807, 2.05) is 0 Å². The van der Waals surface area contributed by atoms with Crippen molar-refractivity contribution in [2.24, 2.45) is 0 Å². The number of rotatable bonds is 0. The van der Waals surface area contributed by atoms with Crippen LogP contribution in [-0.4, -0.2) is 4.98 Å². The van der Waals surface area contributed by atoms with Gasteiger partial charge < -0.3 is 0 Å². The minimum atomic E-state index is 0.0895. The SMILES string of the molecule is CC(C)(C)c1ccc2nc3ccccc3cc2c1C(C)(C)C. The number of aromatic nitrogens is 1. The Morgan fingerprint density at radius 3 is 2.05 bits per heavy atom. The third kappa shape index (κ3) is 2.49. The van der Waals surface area contributed by atoms with Crippen LogP contribution in [0, 0.1) is 0 Å². The van der Waals surface area contributed by atoms with Crippen LogP contribution in [0.2, 0.25) is 0 Å². The van der Waals surface area contributed by atoms with Crippen LogP contribution in [0.4, 0.5) is 0 Å². The lowest BCUT2D eigenvalue weighted by molar-refractivity contribution is 0.534. The van der Waals surface area contributed by atoms with Crippen LogP contribution in [-0.2, 0) is 10.8 Å². The number of hydrogen-bond acceptors (Lipinski definition) is 1. The Labute approximate surface area is 133 Å². The summed E-state index contributed by atoms with van der Waals surface area (Å²) in [6.45, 7) is 13.8. The van der Waals surface area contributed by atoms with Crippen molar-refractivity contribution in [3.63, 3.8) is 0 Å². The van der Waals surface area contributed by atoms with Gasteiger partial charge in [-0.05, 0) is 40.2 Å². The van der Waals surface area contributed by atoms with Gasteiger partial charge in [0.15, 0.2) is 0 Å². The second kappa shape index (κ2) is 4.81. The summed E-state index contributed by atoms with van der Waals surface area (Å²) in [5.74, 6) is 0. The summed E-state index contributed by atoms with van der Waals surface area (Å²) in [6, 6.07) is 15.1. The lowest BCUT2D eigenvalue weighted by atomic mass is 9.73. The molecular formula is C21H25N. The predicted octanol–water partition coefficient (Wildman–Crippen LogP) is 5.98. The van der Waals surface area contributed by atoms with Crippen molar-refractivity contribution in [2.75, 3.05) is 0 Å². The molecule has 22 heavy (non-hydrogen) atoms. The molecule has 1 aromatic heterocycles. The van der Waals surface area contributed by atoms with Gasteiger partial charge in [0.25, 0.3) is 0 Å². The molecule has 0 bridgehead atoms. The number of nitrogens with zero attached hydrogens (tertiary/aromatic N) is 1. The van der Waals surface area contributed by atoms with Crippen LogP contribution in [0.1, 0.15) is 52.7 Å². The van der Waals surface area contributed by atoms with Gasteiger partial charge in [0.2, 0.25) is 0 Å². The van der Waals surface area contributed by atoms with E-state index in [0.29, 0.717) is 0 Å². The molecule has 3 aromatic rings. The van der Waals surface area contributed by atoms with Crippen LogP contribution in [0.3, 0.4) is 0 Å². The van der Waals surface area contributed by atoms with E-state index in [1.165, 1.54) is 21.9 Å². The summed E-state index contributed by atoms with van der Waals surface area (Å²) in [7, 11) is 0. The maximum atomic E-state index is 4.88. The van der Waals surface area contributed by atoms with Gasteiger partial charge in [0, 0.05) is 10.8 Å². The molecule has 3 rings (SSSR count). The lowest BCUT2D eigenvalue weighted by Gasteiger charge is -2.31. The maximum absolute atomic E-state index is 4.88. The van der Waals surface area contributed by atoms with Gasteiger partial charge in [-0.25, -0.2) is 4.98 Å². The Bertz CT molecular complexity index is 845. The Kier molecular flexibility index (Phi) is 3.28. The molecule has 114 valence electrons. The average Bonchev–Trinajstić information content (AvgIpc) is 2.41. The van der Waals surface area contributed by atoms with Crippen LogP contribution < -0.4 is 0 Å². The van der Waals surface area contributed by atoms with Crippen molar-refractivity contribution >= 4 is 21.8 Å². The first-order valence-electron chi connectivity index (χ1n) is 8.01. The van der Waals surface area contributed by atoms with Gasteiger partial charge in [-0.1, -0.05) is 65.8 Å². The molecule has 1 heteroatoms. The van der Waals surface area contributed by atoms with Crippen molar-refractivity contribution < 1.29 is 0 Å². The molecule has 0 aliphatic carbocycles. The summed E-state index contributed by atoms with van der Waals surface area (Å²) in [5.41, 5.74) is 5.23. The number of hydrogen-bond donors (Lipinski definition) is 0. The summed E-state index contributed by atoms with van der Waals surface area (Å²) in [4.78, 5) is 4.88. The Morgan fingerprint density at radius 2 is 1.41 bits per heavy atom. The van der Waals surface area contributed by atoms with E-state index in [0.717, 1.165) is 11.0 Å². The first kappa shape index (κ1) is 15.0. The van der Waals surface area contributed by atoms with E-state index in [-0.39, 0.29) is 10.8 Å². The van der Waals surface area contributed by atoms with E-state index in [9.17, 15) is 0 Å². The second-order valence-electron chi connectivity index (χ2n) is 8.24. The van der Waals surface area contributed by atoms with Crippen molar-refractivity contribution in [3.8, 4) is 0 Å². The molecule has 0 unspecified atom stereocenters. The first-order chi connectivity index (χ1) is 10.2. The molecule has 0 aliphatic rings. The zero-order valence-corrected chi connectivity index (χ0v) is 14.5. The van der Waals surface area contributed by atoms with Gasteiger partial charge in [-0.2, -0.15) is 0 Å². The van der Waals surface area contributed by atoms with Gasteiger partial charge in [0.1, 0.15) is 0 Å². The monoisotopic (exact) mass is 291 g/mol. The Balaban J connectivity index is 2.48. The molecular weight excluding hydrogens is 266 g/mol. The van der Waals surface area contributed by atoms with Crippen molar-refractivity contribution in [3.05, 3.63) is 53.6 Å². The van der Waals surface area contributed by atoms with Gasteiger partial charge in [-0.15, -0.1) is 0 Å². The van der Waals surface area contributed by atoms with E-state index in [1.54, 1.807) is 0 Å². The molecule has 0 aliphatic heterocycles. The zero-order chi connectivity index (χ0) is 16.1. The highest BCUT2D eigenvalue weighted by Gasteiger charge is 2.27. The van der Waals surface area contributed by atoms with Crippen LogP contribution in [0.5, 0.6) is 0 Å². The van der Waals surface area contributed by atoms with Crippen LogP contribution >= 0.6 is 0 Å². The van der Waals surface area contributed by atoms with Crippen LogP contribution in [0.25, 0.3) is 21.8 Å². The van der Waals surface area contributed by atoms with E-state index >= 15 is 0 Å². The summed E-state index contributed by atoms with van der Waals surface area (Å²) in [5, 5.41) is 2.50. The minimum absolute atomic E-state index is 0.0895. The molecule has 0 saturated heterocycles. The van der Waals surface area contributed by atoms with E-state index < -0.39 is 0 Å². The van der Waals surface area contributed by atoms with E-state index in [2.05, 4.69) is 84.0 Å². The Morgan fingerprint density at radius 1 is 0.727 bits per heavy atom. The third-order valence-corrected chi connectivity index (χ3v) is 4.26. The normalized spacial score (nSPS) is 13.0. The molecule has 0 N–H and O–H groups in total. The molecule has 0 atom stereocenters. The topological polar surface area (TPSA) is 12.9 Å². The first-order valence-corrected chi connectivity index (χ1v) is 8.01. The number of pyridine rings is 1. The standard InChI is InChI=1S/C21H25N/c1-20(2,3)16-11-12-18-15(19(16)21(4,5)6)13-14-9-7-8-10-17(14)22-18/h7-13H,1-6H3. The highest BCUT2D eigenvalue weighted by molar-refractivity contribution is 5.95. The lowest BCUT2D eigenvalue weighted by Crippen LogP contribution is -2.22. The maximum Gasteiger partial charge on any atom is 0.0712 e. The molecule has 1 nitrogen and oxygen atoms in total. The minimum Gasteiger partial charge on any atom is -0.248 e. The molecule has 0 fully saturated rings. The van der Waals surface area contributed by atoms with Gasteiger partial charge >= 0.3 is 0 Å². The van der Waals surface area contributed by atoms with E-state index in [4.69, 9.17) is 4.98 Å².